The third kappa shape index (κ3) is 5.33. The van der Waals surface area contributed by atoms with Gasteiger partial charge in [-0.3, -0.25) is 0 Å². The summed E-state index contributed by atoms with van der Waals surface area (Å²) in [6.07, 6.45) is 3.00. The van der Waals surface area contributed by atoms with Crippen LogP contribution < -0.4 is 5.32 Å². The number of rotatable bonds is 8. The molecule has 0 saturated heterocycles. The number of hydrogen-bond acceptors (Lipinski definition) is 2. The van der Waals surface area contributed by atoms with Gasteiger partial charge in [0.25, 0.3) is 0 Å². The molecule has 0 aliphatic heterocycles. The summed E-state index contributed by atoms with van der Waals surface area (Å²) in [6.45, 7) is 9.27. The van der Waals surface area contributed by atoms with Crippen molar-refractivity contribution in [2.75, 3.05) is 6.61 Å². The Kier molecular flexibility index (Phi) is 6.53. The Bertz CT molecular complexity index is 348. The Hall–Kier alpha value is -0.860. The van der Waals surface area contributed by atoms with Gasteiger partial charge in [0.05, 0.1) is 0 Å². The smallest absolute Gasteiger partial charge is 0.0445 e. The molecule has 0 aliphatic rings. The van der Waals surface area contributed by atoms with E-state index in [2.05, 4.69) is 63.3 Å². The molecule has 2 unspecified atom stereocenters. The predicted molar refractivity (Wildman–Crippen MR) is 82.5 cm³/mol. The molecule has 0 radical (unpaired) electrons. The molecule has 1 rings (SSSR count). The molecule has 2 nitrogen and oxygen atoms in total. The highest BCUT2D eigenvalue weighted by Gasteiger charge is 2.23. The fraction of sp³-hybridized carbons (Fsp3) is 0.647. The van der Waals surface area contributed by atoms with Crippen molar-refractivity contribution in [3.05, 3.63) is 35.9 Å². The van der Waals surface area contributed by atoms with E-state index in [4.69, 9.17) is 5.11 Å². The van der Waals surface area contributed by atoms with E-state index in [-0.39, 0.29) is 12.0 Å². The number of aliphatic hydroxyl groups is 1. The minimum Gasteiger partial charge on any atom is -0.396 e. The first-order valence-electron chi connectivity index (χ1n) is 7.42. The Balaban J connectivity index is 2.57. The topological polar surface area (TPSA) is 32.3 Å². The fourth-order valence-corrected chi connectivity index (χ4v) is 2.80. The zero-order valence-corrected chi connectivity index (χ0v) is 12.8. The molecule has 0 heterocycles. The minimum atomic E-state index is 0.172. The van der Waals surface area contributed by atoms with Crippen molar-refractivity contribution in [1.82, 2.24) is 5.32 Å². The van der Waals surface area contributed by atoms with Gasteiger partial charge in [0, 0.05) is 18.7 Å². The highest BCUT2D eigenvalue weighted by Crippen LogP contribution is 2.28. The van der Waals surface area contributed by atoms with Crippen LogP contribution in [0.15, 0.2) is 30.3 Å². The van der Waals surface area contributed by atoms with Gasteiger partial charge in [-0.1, -0.05) is 51.1 Å². The van der Waals surface area contributed by atoms with E-state index in [9.17, 15) is 0 Å². The summed E-state index contributed by atoms with van der Waals surface area (Å²) in [5.41, 5.74) is 1.56. The molecule has 1 aromatic rings. The third-order valence-electron chi connectivity index (χ3n) is 3.86. The molecule has 19 heavy (non-hydrogen) atoms. The highest BCUT2D eigenvalue weighted by molar-refractivity contribution is 5.23. The molecular weight excluding hydrogens is 234 g/mol. The molecule has 0 spiro atoms. The normalized spacial score (nSPS) is 15.2. The molecule has 0 aromatic heterocycles. The first-order valence-corrected chi connectivity index (χ1v) is 7.42. The summed E-state index contributed by atoms with van der Waals surface area (Å²) in [5, 5.41) is 12.7. The Labute approximate surface area is 118 Å². The van der Waals surface area contributed by atoms with Crippen LogP contribution >= 0.6 is 0 Å². The van der Waals surface area contributed by atoms with Crippen LogP contribution in [-0.2, 0) is 5.41 Å². The average Bonchev–Trinajstić information content (AvgIpc) is 2.38. The van der Waals surface area contributed by atoms with Gasteiger partial charge in [0.15, 0.2) is 0 Å². The van der Waals surface area contributed by atoms with Crippen molar-refractivity contribution in [2.24, 2.45) is 0 Å². The van der Waals surface area contributed by atoms with Crippen LogP contribution in [-0.4, -0.2) is 23.8 Å². The quantitative estimate of drug-likeness (QED) is 0.752. The maximum atomic E-state index is 9.05. The lowest BCUT2D eigenvalue weighted by atomic mass is 9.79. The molecular formula is C17H29NO. The first kappa shape index (κ1) is 16.2. The second kappa shape index (κ2) is 7.66. The van der Waals surface area contributed by atoms with Crippen molar-refractivity contribution < 1.29 is 5.11 Å². The second-order valence-electron chi connectivity index (χ2n) is 6.14. The van der Waals surface area contributed by atoms with Crippen LogP contribution in [0.3, 0.4) is 0 Å². The van der Waals surface area contributed by atoms with Crippen LogP contribution in [0.25, 0.3) is 0 Å². The molecule has 0 aliphatic carbocycles. The van der Waals surface area contributed by atoms with E-state index in [0.29, 0.717) is 12.1 Å². The fourth-order valence-electron chi connectivity index (χ4n) is 2.80. The third-order valence-corrected chi connectivity index (χ3v) is 3.86. The van der Waals surface area contributed by atoms with E-state index in [1.54, 1.807) is 0 Å². The average molecular weight is 263 g/mol. The van der Waals surface area contributed by atoms with Crippen molar-refractivity contribution in [2.45, 2.75) is 64.5 Å². The van der Waals surface area contributed by atoms with Gasteiger partial charge in [0.2, 0.25) is 0 Å². The van der Waals surface area contributed by atoms with Crippen molar-refractivity contribution in [3.63, 3.8) is 0 Å². The summed E-state index contributed by atoms with van der Waals surface area (Å²) in [4.78, 5) is 0. The SMILES string of the molecule is CCC(CCO)NC(C)CC(C)(C)c1ccccc1. The molecule has 2 heteroatoms. The van der Waals surface area contributed by atoms with Crippen LogP contribution in [0.2, 0.25) is 0 Å². The molecule has 2 atom stereocenters. The number of hydrogen-bond donors (Lipinski definition) is 2. The van der Waals surface area contributed by atoms with E-state index >= 15 is 0 Å². The van der Waals surface area contributed by atoms with E-state index < -0.39 is 0 Å². The number of benzene rings is 1. The molecule has 0 bridgehead atoms. The highest BCUT2D eigenvalue weighted by atomic mass is 16.3. The first-order chi connectivity index (χ1) is 8.99. The Morgan fingerprint density at radius 1 is 1.21 bits per heavy atom. The number of aliphatic hydroxyl groups excluding tert-OH is 1. The standard InChI is InChI=1S/C17H29NO/c1-5-16(11-12-19)18-14(2)13-17(3,4)15-9-7-6-8-10-15/h6-10,14,16,18-19H,5,11-13H2,1-4H3. The van der Waals surface area contributed by atoms with Crippen molar-refractivity contribution in [1.29, 1.82) is 0 Å². The van der Waals surface area contributed by atoms with E-state index in [1.807, 2.05) is 0 Å². The molecule has 1 aromatic carbocycles. The van der Waals surface area contributed by atoms with Crippen molar-refractivity contribution in [3.8, 4) is 0 Å². The molecule has 0 fully saturated rings. The molecule has 2 N–H and O–H groups in total. The zero-order valence-electron chi connectivity index (χ0n) is 12.8. The Morgan fingerprint density at radius 3 is 2.37 bits per heavy atom. The van der Waals surface area contributed by atoms with Gasteiger partial charge in [-0.05, 0) is 37.2 Å². The van der Waals surface area contributed by atoms with Gasteiger partial charge in [-0.25, -0.2) is 0 Å². The summed E-state index contributed by atoms with van der Waals surface area (Å²) in [6, 6.07) is 11.6. The summed E-state index contributed by atoms with van der Waals surface area (Å²) < 4.78 is 0. The van der Waals surface area contributed by atoms with Crippen LogP contribution in [0.5, 0.6) is 0 Å². The van der Waals surface area contributed by atoms with Crippen molar-refractivity contribution >= 4 is 0 Å². The zero-order chi connectivity index (χ0) is 14.3. The summed E-state index contributed by atoms with van der Waals surface area (Å²) in [7, 11) is 0. The van der Waals surface area contributed by atoms with E-state index in [1.165, 1.54) is 5.56 Å². The molecule has 0 saturated carbocycles. The largest absolute Gasteiger partial charge is 0.396 e. The lowest BCUT2D eigenvalue weighted by molar-refractivity contribution is 0.250. The van der Waals surface area contributed by atoms with E-state index in [0.717, 1.165) is 19.3 Å². The lowest BCUT2D eigenvalue weighted by Gasteiger charge is -2.31. The van der Waals surface area contributed by atoms with Crippen LogP contribution in [0.4, 0.5) is 0 Å². The molecule has 0 amide bonds. The van der Waals surface area contributed by atoms with Gasteiger partial charge >= 0.3 is 0 Å². The van der Waals surface area contributed by atoms with Gasteiger partial charge in [-0.15, -0.1) is 0 Å². The monoisotopic (exact) mass is 263 g/mol. The Morgan fingerprint density at radius 2 is 1.84 bits per heavy atom. The summed E-state index contributed by atoms with van der Waals surface area (Å²) >= 11 is 0. The van der Waals surface area contributed by atoms with Gasteiger partial charge in [0.1, 0.15) is 0 Å². The lowest BCUT2D eigenvalue weighted by Crippen LogP contribution is -2.40. The molecule has 108 valence electrons. The maximum absolute atomic E-state index is 9.05. The van der Waals surface area contributed by atoms with Crippen LogP contribution in [0.1, 0.15) is 52.5 Å². The maximum Gasteiger partial charge on any atom is 0.0445 e. The number of nitrogens with one attached hydrogen (secondary N) is 1. The predicted octanol–water partition coefficient (Wildman–Crippen LogP) is 3.49. The minimum absolute atomic E-state index is 0.172. The van der Waals surface area contributed by atoms with Gasteiger partial charge in [-0.2, -0.15) is 0 Å². The second-order valence-corrected chi connectivity index (χ2v) is 6.14. The van der Waals surface area contributed by atoms with Gasteiger partial charge < -0.3 is 10.4 Å². The summed E-state index contributed by atoms with van der Waals surface area (Å²) in [5.74, 6) is 0. The van der Waals surface area contributed by atoms with Crippen LogP contribution in [0, 0.1) is 0 Å².